The van der Waals surface area contributed by atoms with Gasteiger partial charge in [-0.3, -0.25) is 4.98 Å². The van der Waals surface area contributed by atoms with Gasteiger partial charge in [-0.1, -0.05) is 103 Å². The number of hydrogen-bond acceptors (Lipinski definition) is 6. The molecule has 5 nitrogen and oxygen atoms in total. The zero-order chi connectivity index (χ0) is 34.1. The van der Waals surface area contributed by atoms with Crippen LogP contribution in [-0.2, 0) is 0 Å². The second-order valence-corrected chi connectivity index (χ2v) is 13.4. The van der Waals surface area contributed by atoms with Crippen LogP contribution in [0.25, 0.3) is 87.7 Å². The van der Waals surface area contributed by atoms with Crippen molar-refractivity contribution in [3.05, 3.63) is 170 Å². The van der Waals surface area contributed by atoms with Crippen LogP contribution < -0.4 is 0 Å². The molecular weight excluding hydrogens is 643 g/mol. The first-order valence-corrected chi connectivity index (χ1v) is 17.4. The standard InChI is InChI=1S/C45H27N5S/c46-27-29-16-18-39-40-19-17-33(26-42(40)51-41(39)21-29)36-23-37(35-15-8-20-47-28-35)25-38(24-36)45-49-43(31-11-5-2-6-12-31)48-44(50-45)34-14-7-13-32(22-34)30-9-3-1-4-10-30/h1-26,28H. The molecule has 0 radical (unpaired) electrons. The van der Waals surface area contributed by atoms with Crippen LogP contribution in [0.5, 0.6) is 0 Å². The Hall–Kier alpha value is -6.81. The third kappa shape index (κ3) is 5.93. The van der Waals surface area contributed by atoms with Gasteiger partial charge in [-0.05, 0) is 76.3 Å². The number of fused-ring (bicyclic) bond motifs is 3. The molecule has 0 fully saturated rings. The van der Waals surface area contributed by atoms with E-state index in [4.69, 9.17) is 15.0 Å². The first-order valence-electron chi connectivity index (χ1n) is 16.6. The molecule has 9 rings (SSSR count). The van der Waals surface area contributed by atoms with E-state index in [9.17, 15) is 5.26 Å². The van der Waals surface area contributed by atoms with E-state index < -0.39 is 0 Å². The maximum absolute atomic E-state index is 9.46. The van der Waals surface area contributed by atoms with Gasteiger partial charge in [0, 0.05) is 54.8 Å². The molecule has 3 heterocycles. The highest BCUT2D eigenvalue weighted by atomic mass is 32.1. The van der Waals surface area contributed by atoms with Crippen molar-refractivity contribution >= 4 is 31.5 Å². The number of pyridine rings is 1. The Morgan fingerprint density at radius 3 is 1.69 bits per heavy atom. The Morgan fingerprint density at radius 2 is 0.961 bits per heavy atom. The summed E-state index contributed by atoms with van der Waals surface area (Å²) in [6, 6.07) is 54.0. The number of benzene rings is 6. The van der Waals surface area contributed by atoms with Crippen LogP contribution in [0.4, 0.5) is 0 Å². The number of nitriles is 1. The van der Waals surface area contributed by atoms with Gasteiger partial charge >= 0.3 is 0 Å². The van der Waals surface area contributed by atoms with E-state index >= 15 is 0 Å². The Balaban J connectivity index is 1.23. The normalized spacial score (nSPS) is 11.1. The fourth-order valence-corrected chi connectivity index (χ4v) is 7.65. The van der Waals surface area contributed by atoms with Crippen molar-refractivity contribution in [1.29, 1.82) is 5.26 Å². The van der Waals surface area contributed by atoms with Crippen LogP contribution in [0.15, 0.2) is 164 Å². The van der Waals surface area contributed by atoms with Crippen LogP contribution in [0, 0.1) is 11.3 Å². The maximum Gasteiger partial charge on any atom is 0.164 e. The fraction of sp³-hybridized carbons (Fsp3) is 0. The molecule has 0 atom stereocenters. The minimum Gasteiger partial charge on any atom is -0.264 e. The summed E-state index contributed by atoms with van der Waals surface area (Å²) in [6.07, 6.45) is 3.67. The minimum atomic E-state index is 0.586. The molecule has 238 valence electrons. The van der Waals surface area contributed by atoms with E-state index in [2.05, 4.69) is 89.9 Å². The topological polar surface area (TPSA) is 75.3 Å². The summed E-state index contributed by atoms with van der Waals surface area (Å²) in [7, 11) is 0. The van der Waals surface area contributed by atoms with Crippen LogP contribution in [-0.4, -0.2) is 19.9 Å². The Labute approximate surface area is 298 Å². The van der Waals surface area contributed by atoms with Gasteiger partial charge in [-0.15, -0.1) is 11.3 Å². The summed E-state index contributed by atoms with van der Waals surface area (Å²) >= 11 is 1.71. The highest BCUT2D eigenvalue weighted by molar-refractivity contribution is 7.25. The monoisotopic (exact) mass is 669 g/mol. The maximum atomic E-state index is 9.46. The Kier molecular flexibility index (Phi) is 7.66. The summed E-state index contributed by atoms with van der Waals surface area (Å²) in [5.41, 5.74) is 9.73. The van der Waals surface area contributed by atoms with Crippen molar-refractivity contribution in [3.63, 3.8) is 0 Å². The SMILES string of the molecule is N#Cc1ccc2c(c1)sc1cc(-c3cc(-c4cccnc4)cc(-c4nc(-c5ccccc5)nc(-c5cccc(-c6ccccc6)c5)n4)c3)ccc12. The van der Waals surface area contributed by atoms with E-state index in [1.165, 1.54) is 5.39 Å². The van der Waals surface area contributed by atoms with Crippen LogP contribution in [0.1, 0.15) is 5.56 Å². The zero-order valence-corrected chi connectivity index (χ0v) is 28.0. The third-order valence-corrected chi connectivity index (χ3v) is 10.1. The first-order chi connectivity index (χ1) is 25.2. The summed E-state index contributed by atoms with van der Waals surface area (Å²) in [5, 5.41) is 11.8. The summed E-state index contributed by atoms with van der Waals surface area (Å²) in [4.78, 5) is 19.7. The van der Waals surface area contributed by atoms with Gasteiger partial charge in [0.25, 0.3) is 0 Å². The van der Waals surface area contributed by atoms with Gasteiger partial charge in [0.2, 0.25) is 0 Å². The van der Waals surface area contributed by atoms with Gasteiger partial charge in [0.1, 0.15) is 0 Å². The number of aromatic nitrogens is 4. The van der Waals surface area contributed by atoms with Gasteiger partial charge < -0.3 is 0 Å². The molecule has 6 heteroatoms. The predicted octanol–water partition coefficient (Wildman–Crippen LogP) is 11.5. The van der Waals surface area contributed by atoms with Gasteiger partial charge in [-0.2, -0.15) is 5.26 Å². The molecule has 3 aromatic heterocycles. The Morgan fingerprint density at radius 1 is 0.412 bits per heavy atom. The molecule has 0 aliphatic carbocycles. The number of hydrogen-bond donors (Lipinski definition) is 0. The second kappa shape index (κ2) is 12.9. The molecule has 6 aromatic carbocycles. The number of rotatable bonds is 6. The minimum absolute atomic E-state index is 0.586. The lowest BCUT2D eigenvalue weighted by Crippen LogP contribution is -2.00. The van der Waals surface area contributed by atoms with Crippen molar-refractivity contribution in [2.24, 2.45) is 0 Å². The van der Waals surface area contributed by atoms with Gasteiger partial charge in [0.05, 0.1) is 11.6 Å². The quantitative estimate of drug-likeness (QED) is 0.176. The molecule has 0 amide bonds. The highest BCUT2D eigenvalue weighted by Crippen LogP contribution is 2.39. The smallest absolute Gasteiger partial charge is 0.164 e. The third-order valence-electron chi connectivity index (χ3n) is 9.02. The lowest BCUT2D eigenvalue weighted by molar-refractivity contribution is 1.07. The van der Waals surface area contributed by atoms with E-state index in [1.54, 1.807) is 17.5 Å². The van der Waals surface area contributed by atoms with E-state index in [1.807, 2.05) is 79.0 Å². The van der Waals surface area contributed by atoms with Crippen molar-refractivity contribution in [1.82, 2.24) is 19.9 Å². The fourth-order valence-electron chi connectivity index (χ4n) is 6.47. The van der Waals surface area contributed by atoms with Crippen molar-refractivity contribution in [2.75, 3.05) is 0 Å². The summed E-state index contributed by atoms with van der Waals surface area (Å²) in [6.45, 7) is 0. The molecule has 0 aliphatic rings. The summed E-state index contributed by atoms with van der Waals surface area (Å²) < 4.78 is 2.27. The second-order valence-electron chi connectivity index (χ2n) is 12.3. The summed E-state index contributed by atoms with van der Waals surface area (Å²) in [5.74, 6) is 1.80. The highest BCUT2D eigenvalue weighted by Gasteiger charge is 2.16. The van der Waals surface area contributed by atoms with Crippen molar-refractivity contribution in [3.8, 4) is 73.6 Å². The molecule has 0 aliphatic heterocycles. The van der Waals surface area contributed by atoms with Crippen LogP contribution in [0.2, 0.25) is 0 Å². The number of nitrogens with zero attached hydrogens (tertiary/aromatic N) is 5. The molecule has 0 spiro atoms. The average Bonchev–Trinajstić information content (AvgIpc) is 3.58. The van der Waals surface area contributed by atoms with Crippen LogP contribution >= 0.6 is 11.3 Å². The number of thiophene rings is 1. The van der Waals surface area contributed by atoms with E-state index in [-0.39, 0.29) is 0 Å². The molecule has 9 aromatic rings. The molecule has 0 saturated heterocycles. The molecule has 0 bridgehead atoms. The Bertz CT molecular complexity index is 2750. The van der Waals surface area contributed by atoms with Crippen LogP contribution in [0.3, 0.4) is 0 Å². The molecule has 51 heavy (non-hydrogen) atoms. The molecule has 0 unspecified atom stereocenters. The zero-order valence-electron chi connectivity index (χ0n) is 27.2. The van der Waals surface area contributed by atoms with Crippen molar-refractivity contribution in [2.45, 2.75) is 0 Å². The van der Waals surface area contributed by atoms with E-state index in [0.717, 1.165) is 64.9 Å². The lowest BCUT2D eigenvalue weighted by atomic mass is 9.96. The average molecular weight is 670 g/mol. The molecular formula is C45H27N5S. The molecule has 0 N–H and O–H groups in total. The van der Waals surface area contributed by atoms with Gasteiger partial charge in [0.15, 0.2) is 17.5 Å². The first kappa shape index (κ1) is 30.3. The molecule has 0 saturated carbocycles. The predicted molar refractivity (Wildman–Crippen MR) is 208 cm³/mol. The lowest BCUT2D eigenvalue weighted by Gasteiger charge is -2.13. The largest absolute Gasteiger partial charge is 0.264 e. The van der Waals surface area contributed by atoms with Crippen molar-refractivity contribution < 1.29 is 0 Å². The van der Waals surface area contributed by atoms with E-state index in [0.29, 0.717) is 23.0 Å². The van der Waals surface area contributed by atoms with Gasteiger partial charge in [-0.25, -0.2) is 15.0 Å².